The number of nitrogens with one attached hydrogen (secondary N) is 1. The molecule has 26 heavy (non-hydrogen) atoms. The lowest BCUT2D eigenvalue weighted by molar-refractivity contribution is 0.103. The Bertz CT molecular complexity index is 981. The summed E-state index contributed by atoms with van der Waals surface area (Å²) in [6, 6.07) is 13.8. The van der Waals surface area contributed by atoms with Gasteiger partial charge in [-0.3, -0.25) is 4.79 Å². The summed E-state index contributed by atoms with van der Waals surface area (Å²) in [4.78, 5) is 25.5. The van der Waals surface area contributed by atoms with Gasteiger partial charge in [0.2, 0.25) is 0 Å². The lowest BCUT2D eigenvalue weighted by atomic mass is 10.0. The molecule has 1 aromatic heterocycles. The molecular formula is C18H18Cl2N4O2. The highest BCUT2D eigenvalue weighted by molar-refractivity contribution is 6.31. The molecule has 6 nitrogen and oxygen atoms in total. The van der Waals surface area contributed by atoms with Gasteiger partial charge in [-0.1, -0.05) is 41.9 Å². The Morgan fingerprint density at radius 3 is 2.54 bits per heavy atom. The fraction of sp³-hybridized carbons (Fsp3) is 0.167. The predicted molar refractivity (Wildman–Crippen MR) is 104 cm³/mol. The number of aromatic nitrogens is 3. The first-order valence-electron chi connectivity index (χ1n) is 7.72. The molecule has 0 aliphatic rings. The van der Waals surface area contributed by atoms with Crippen LogP contribution in [0, 0.1) is 0 Å². The molecule has 0 saturated carbocycles. The summed E-state index contributed by atoms with van der Waals surface area (Å²) < 4.78 is 2.68. The van der Waals surface area contributed by atoms with Gasteiger partial charge in [0.05, 0.1) is 12.2 Å². The van der Waals surface area contributed by atoms with Gasteiger partial charge in [-0.15, -0.1) is 12.4 Å². The molecule has 1 heterocycles. The zero-order chi connectivity index (χ0) is 18.0. The van der Waals surface area contributed by atoms with Gasteiger partial charge in [0.1, 0.15) is 0 Å². The maximum Gasteiger partial charge on any atom is 0.350 e. The number of carbonyl (C=O) groups excluding carboxylic acids is 1. The summed E-state index contributed by atoms with van der Waals surface area (Å²) in [6.07, 6.45) is 0. The average Bonchev–Trinajstić information content (AvgIpc) is 2.89. The minimum atomic E-state index is -0.324. The number of hydrogen-bond donors (Lipinski definition) is 1. The van der Waals surface area contributed by atoms with E-state index in [4.69, 9.17) is 11.6 Å². The van der Waals surface area contributed by atoms with Crippen molar-refractivity contribution in [2.45, 2.75) is 6.54 Å². The minimum Gasteiger partial charge on any atom is -0.313 e. The van der Waals surface area contributed by atoms with Gasteiger partial charge in [-0.05, 0) is 25.2 Å². The summed E-state index contributed by atoms with van der Waals surface area (Å²) in [7, 11) is 3.34. The Labute approximate surface area is 161 Å². The molecule has 0 aliphatic carbocycles. The second kappa shape index (κ2) is 8.31. The van der Waals surface area contributed by atoms with Gasteiger partial charge < -0.3 is 5.32 Å². The molecule has 0 aliphatic heterocycles. The zero-order valence-corrected chi connectivity index (χ0v) is 15.8. The van der Waals surface area contributed by atoms with Crippen LogP contribution in [-0.2, 0) is 13.6 Å². The molecule has 0 saturated heterocycles. The van der Waals surface area contributed by atoms with Crippen LogP contribution in [0.1, 0.15) is 21.7 Å². The molecule has 0 spiro atoms. The lowest BCUT2D eigenvalue weighted by Gasteiger charge is -2.11. The Morgan fingerprint density at radius 1 is 1.19 bits per heavy atom. The highest BCUT2D eigenvalue weighted by atomic mass is 35.5. The maximum absolute atomic E-state index is 13.0. The van der Waals surface area contributed by atoms with Gasteiger partial charge in [-0.25, -0.2) is 14.0 Å². The van der Waals surface area contributed by atoms with Crippen LogP contribution in [0.3, 0.4) is 0 Å². The van der Waals surface area contributed by atoms with Crippen LogP contribution in [-0.4, -0.2) is 27.2 Å². The van der Waals surface area contributed by atoms with Crippen molar-refractivity contribution >= 4 is 29.8 Å². The first-order chi connectivity index (χ1) is 12.0. The van der Waals surface area contributed by atoms with Gasteiger partial charge in [0, 0.05) is 23.2 Å². The third-order valence-electron chi connectivity index (χ3n) is 3.81. The van der Waals surface area contributed by atoms with E-state index in [-0.39, 0.29) is 23.9 Å². The summed E-state index contributed by atoms with van der Waals surface area (Å²) in [5, 5.41) is 7.64. The molecule has 0 fully saturated rings. The van der Waals surface area contributed by atoms with Crippen LogP contribution >= 0.6 is 24.0 Å². The second-order valence-corrected chi connectivity index (χ2v) is 5.98. The second-order valence-electron chi connectivity index (χ2n) is 5.54. The average molecular weight is 393 g/mol. The Kier molecular flexibility index (Phi) is 6.37. The topological polar surface area (TPSA) is 68.9 Å². The molecule has 0 unspecified atom stereocenters. The molecule has 0 radical (unpaired) electrons. The normalized spacial score (nSPS) is 10.4. The Morgan fingerprint density at radius 2 is 1.88 bits per heavy atom. The highest BCUT2D eigenvalue weighted by Gasteiger charge is 2.20. The molecule has 0 bridgehead atoms. The molecule has 0 amide bonds. The van der Waals surface area contributed by atoms with Crippen molar-refractivity contribution in [2.24, 2.45) is 7.05 Å². The summed E-state index contributed by atoms with van der Waals surface area (Å²) in [5.41, 5.74) is 1.01. The number of benzene rings is 2. The van der Waals surface area contributed by atoms with E-state index >= 15 is 0 Å². The predicted octanol–water partition coefficient (Wildman–Crippen LogP) is 2.60. The van der Waals surface area contributed by atoms with E-state index in [2.05, 4.69) is 10.4 Å². The third-order valence-corrected chi connectivity index (χ3v) is 4.04. The Hall–Kier alpha value is -2.41. The van der Waals surface area contributed by atoms with Gasteiger partial charge >= 0.3 is 5.69 Å². The van der Waals surface area contributed by atoms with Crippen LogP contribution in [0.4, 0.5) is 0 Å². The monoisotopic (exact) mass is 392 g/mol. The first kappa shape index (κ1) is 19.9. The Balaban J connectivity index is 0.00000243. The van der Waals surface area contributed by atoms with Gasteiger partial charge in [0.25, 0.3) is 0 Å². The standard InChI is InChI=1S/C18H17ClN4O2.ClH/c1-20-11-16-21-22(2)18(25)23(16)15-9-8-13(19)10-14(15)17(24)12-6-4-3-5-7-12;/h3-10,20H,11H2,1-2H3;1H. The van der Waals surface area contributed by atoms with E-state index in [1.165, 1.54) is 9.25 Å². The minimum absolute atomic E-state index is 0. The fourth-order valence-corrected chi connectivity index (χ4v) is 2.83. The van der Waals surface area contributed by atoms with E-state index in [1.54, 1.807) is 56.6 Å². The van der Waals surface area contributed by atoms with Crippen molar-refractivity contribution < 1.29 is 4.79 Å². The molecule has 0 atom stereocenters. The van der Waals surface area contributed by atoms with Gasteiger partial charge in [0.15, 0.2) is 11.6 Å². The number of ketones is 1. The maximum atomic E-state index is 13.0. The number of rotatable bonds is 5. The fourth-order valence-electron chi connectivity index (χ4n) is 2.66. The van der Waals surface area contributed by atoms with Crippen LogP contribution in [0.5, 0.6) is 0 Å². The van der Waals surface area contributed by atoms with E-state index in [0.717, 1.165) is 0 Å². The SMILES string of the molecule is CNCc1nn(C)c(=O)n1-c1ccc(Cl)cc1C(=O)c1ccccc1.Cl. The van der Waals surface area contributed by atoms with Crippen molar-refractivity contribution in [3.05, 3.63) is 81.0 Å². The van der Waals surface area contributed by atoms with Crippen LogP contribution in [0.15, 0.2) is 53.3 Å². The molecule has 3 aromatic rings. The molecule has 136 valence electrons. The number of halogens is 2. The quantitative estimate of drug-likeness (QED) is 0.677. The van der Waals surface area contributed by atoms with Crippen LogP contribution in [0.25, 0.3) is 5.69 Å². The van der Waals surface area contributed by atoms with E-state index in [9.17, 15) is 9.59 Å². The smallest absolute Gasteiger partial charge is 0.313 e. The summed E-state index contributed by atoms with van der Waals surface area (Å²) in [5.74, 6) is 0.309. The van der Waals surface area contributed by atoms with E-state index < -0.39 is 0 Å². The zero-order valence-electron chi connectivity index (χ0n) is 14.3. The molecule has 8 heteroatoms. The molecule has 3 rings (SSSR count). The third kappa shape index (κ3) is 3.72. The largest absolute Gasteiger partial charge is 0.350 e. The van der Waals surface area contributed by atoms with E-state index in [1.807, 2.05) is 6.07 Å². The van der Waals surface area contributed by atoms with Crippen LogP contribution in [0.2, 0.25) is 5.02 Å². The van der Waals surface area contributed by atoms with Crippen molar-refractivity contribution in [2.75, 3.05) is 7.05 Å². The van der Waals surface area contributed by atoms with Crippen molar-refractivity contribution in [1.82, 2.24) is 19.7 Å². The van der Waals surface area contributed by atoms with Crippen LogP contribution < -0.4 is 11.0 Å². The van der Waals surface area contributed by atoms with Crippen molar-refractivity contribution in [3.8, 4) is 5.69 Å². The first-order valence-corrected chi connectivity index (χ1v) is 8.10. The highest BCUT2D eigenvalue weighted by Crippen LogP contribution is 2.23. The molecule has 1 N–H and O–H groups in total. The lowest BCUT2D eigenvalue weighted by Crippen LogP contribution is -2.25. The van der Waals surface area contributed by atoms with Gasteiger partial charge in [-0.2, -0.15) is 5.10 Å². The van der Waals surface area contributed by atoms with Crippen molar-refractivity contribution in [1.29, 1.82) is 0 Å². The summed E-state index contributed by atoms with van der Waals surface area (Å²) in [6.45, 7) is 0.387. The number of hydrogen-bond acceptors (Lipinski definition) is 4. The number of aryl methyl sites for hydroxylation is 1. The van der Waals surface area contributed by atoms with E-state index in [0.29, 0.717) is 34.2 Å². The van der Waals surface area contributed by atoms with Crippen molar-refractivity contribution in [3.63, 3.8) is 0 Å². The molecule has 2 aromatic carbocycles. The number of carbonyl (C=O) groups is 1. The number of nitrogens with zero attached hydrogens (tertiary/aromatic N) is 3. The molecular weight excluding hydrogens is 375 g/mol. The summed E-state index contributed by atoms with van der Waals surface area (Å²) >= 11 is 6.11.